The summed E-state index contributed by atoms with van der Waals surface area (Å²) < 4.78 is 7.48. The molecule has 3 aromatic heterocycles. The first-order chi connectivity index (χ1) is 17.8. The highest BCUT2D eigenvalue weighted by Gasteiger charge is 2.18. The number of amides is 1. The first-order valence-electron chi connectivity index (χ1n) is 11.5. The van der Waals surface area contributed by atoms with Crippen LogP contribution in [-0.4, -0.2) is 71.7 Å². The Bertz CT molecular complexity index is 1440. The molecule has 0 saturated carbocycles. The predicted octanol–water partition coefficient (Wildman–Crippen LogP) is 4.34. The number of likely N-dealkylation sites (N-methyl/N-ethyl adjacent to an activating group) is 2. The molecule has 10 nitrogen and oxygen atoms in total. The van der Waals surface area contributed by atoms with Gasteiger partial charge in [0.2, 0.25) is 11.9 Å². The summed E-state index contributed by atoms with van der Waals surface area (Å²) >= 11 is 6.46. The number of anilines is 4. The average molecular weight is 521 g/mol. The van der Waals surface area contributed by atoms with Gasteiger partial charge in [-0.1, -0.05) is 18.2 Å². The highest BCUT2D eigenvalue weighted by molar-refractivity contribution is 6.32. The first-order valence-corrected chi connectivity index (χ1v) is 11.9. The van der Waals surface area contributed by atoms with Gasteiger partial charge in [-0.05, 0) is 44.4 Å². The maximum absolute atomic E-state index is 12.2. The molecule has 0 unspecified atom stereocenters. The molecule has 4 rings (SSSR count). The number of hydrogen-bond donors (Lipinski definition) is 2. The van der Waals surface area contributed by atoms with E-state index >= 15 is 0 Å². The van der Waals surface area contributed by atoms with Gasteiger partial charge in [-0.15, -0.1) is 0 Å². The minimum atomic E-state index is -0.324. The lowest BCUT2D eigenvalue weighted by molar-refractivity contribution is -0.111. The summed E-state index contributed by atoms with van der Waals surface area (Å²) in [5, 5.41) is 7.43. The summed E-state index contributed by atoms with van der Waals surface area (Å²) in [4.78, 5) is 29.8. The molecular weight excluding hydrogens is 492 g/mol. The average Bonchev–Trinajstić information content (AvgIpc) is 3.32. The second-order valence-electron chi connectivity index (χ2n) is 8.58. The lowest BCUT2D eigenvalue weighted by atomic mass is 10.2. The van der Waals surface area contributed by atoms with Crippen molar-refractivity contribution in [2.75, 3.05) is 56.9 Å². The van der Waals surface area contributed by atoms with Gasteiger partial charge in [0.05, 0.1) is 30.4 Å². The van der Waals surface area contributed by atoms with Gasteiger partial charge in [0, 0.05) is 44.0 Å². The van der Waals surface area contributed by atoms with E-state index in [1.807, 2.05) is 56.5 Å². The zero-order valence-corrected chi connectivity index (χ0v) is 22.0. The third-order valence-corrected chi connectivity index (χ3v) is 5.97. The molecule has 0 saturated heterocycles. The van der Waals surface area contributed by atoms with Crippen LogP contribution in [0.2, 0.25) is 5.02 Å². The molecule has 11 heteroatoms. The van der Waals surface area contributed by atoms with E-state index in [0.717, 1.165) is 29.8 Å². The first kappa shape index (κ1) is 25.9. The number of benzene rings is 1. The number of rotatable bonds is 10. The van der Waals surface area contributed by atoms with Gasteiger partial charge in [-0.2, -0.15) is 4.98 Å². The van der Waals surface area contributed by atoms with Gasteiger partial charge in [-0.25, -0.2) is 9.97 Å². The Morgan fingerprint density at radius 2 is 2.00 bits per heavy atom. The smallest absolute Gasteiger partial charge is 0.247 e. The van der Waals surface area contributed by atoms with Crippen LogP contribution >= 0.6 is 11.6 Å². The number of ether oxygens (including phenoxy) is 1. The van der Waals surface area contributed by atoms with Gasteiger partial charge in [-0.3, -0.25) is 9.36 Å². The summed E-state index contributed by atoms with van der Waals surface area (Å²) in [6.07, 6.45) is 6.33. The monoisotopic (exact) mass is 520 g/mol. The zero-order valence-electron chi connectivity index (χ0n) is 21.2. The van der Waals surface area contributed by atoms with Crippen molar-refractivity contribution in [3.8, 4) is 11.6 Å². The zero-order chi connectivity index (χ0) is 26.5. The second-order valence-corrected chi connectivity index (χ2v) is 8.99. The van der Waals surface area contributed by atoms with Crippen molar-refractivity contribution in [2.24, 2.45) is 0 Å². The molecule has 0 aliphatic carbocycles. The molecule has 0 spiro atoms. The molecule has 1 amide bonds. The van der Waals surface area contributed by atoms with Crippen LogP contribution in [0, 0.1) is 0 Å². The van der Waals surface area contributed by atoms with Crippen molar-refractivity contribution < 1.29 is 9.53 Å². The van der Waals surface area contributed by atoms with Crippen molar-refractivity contribution in [2.45, 2.75) is 0 Å². The Labute approximate surface area is 220 Å². The van der Waals surface area contributed by atoms with Gasteiger partial charge >= 0.3 is 0 Å². The number of carbonyl (C=O) groups excluding carboxylic acids is 1. The molecule has 1 aromatic carbocycles. The molecule has 2 N–H and O–H groups in total. The molecule has 0 aliphatic rings. The van der Waals surface area contributed by atoms with E-state index in [-0.39, 0.29) is 5.91 Å². The fraction of sp³-hybridized carbons (Fsp3) is 0.231. The fourth-order valence-corrected chi connectivity index (χ4v) is 3.93. The molecule has 0 radical (unpaired) electrons. The Balaban J connectivity index is 1.72. The van der Waals surface area contributed by atoms with Crippen LogP contribution in [0.15, 0.2) is 61.6 Å². The molecule has 3 heterocycles. The molecular formula is C26H29ClN8O2. The summed E-state index contributed by atoms with van der Waals surface area (Å²) in [5.41, 5.74) is 2.67. The standard InChI is InChI=1S/C26H29ClN8O2/c1-6-23(36)30-19-14-20(22(37-5)15-21(19)34(4)13-12-33(2)3)31-26-29-16-18(27)25(32-26)35-11-9-17-8-7-10-28-24(17)35/h6-11,14-16H,1,12-13H2,2-5H3,(H,30,36)(H,29,31,32). The number of methoxy groups -OCH3 is 1. The van der Waals surface area contributed by atoms with Crippen molar-refractivity contribution in [1.82, 2.24) is 24.4 Å². The number of aromatic nitrogens is 4. The van der Waals surface area contributed by atoms with E-state index in [1.54, 1.807) is 23.9 Å². The summed E-state index contributed by atoms with van der Waals surface area (Å²) in [6.45, 7) is 5.14. The quantitative estimate of drug-likeness (QED) is 0.298. The van der Waals surface area contributed by atoms with Crippen LogP contribution in [0.3, 0.4) is 0 Å². The highest BCUT2D eigenvalue weighted by atomic mass is 35.5. The van der Waals surface area contributed by atoms with E-state index in [2.05, 4.69) is 37.1 Å². The summed E-state index contributed by atoms with van der Waals surface area (Å²) in [6, 6.07) is 9.42. The molecule has 0 fully saturated rings. The van der Waals surface area contributed by atoms with E-state index in [1.165, 1.54) is 12.3 Å². The Morgan fingerprint density at radius 1 is 1.19 bits per heavy atom. The van der Waals surface area contributed by atoms with Crippen LogP contribution in [0.5, 0.6) is 5.75 Å². The predicted molar refractivity (Wildman–Crippen MR) is 149 cm³/mol. The van der Waals surface area contributed by atoms with Crippen LogP contribution in [-0.2, 0) is 4.79 Å². The fourth-order valence-electron chi connectivity index (χ4n) is 3.75. The minimum Gasteiger partial charge on any atom is -0.494 e. The molecule has 0 bridgehead atoms. The van der Waals surface area contributed by atoms with Gasteiger partial charge in [0.15, 0.2) is 5.82 Å². The number of nitrogens with one attached hydrogen (secondary N) is 2. The minimum absolute atomic E-state index is 0.296. The van der Waals surface area contributed by atoms with Gasteiger partial charge < -0.3 is 25.2 Å². The molecule has 0 aliphatic heterocycles. The summed E-state index contributed by atoms with van der Waals surface area (Å²) in [7, 11) is 7.56. The molecule has 192 valence electrons. The van der Waals surface area contributed by atoms with Crippen LogP contribution in [0.4, 0.5) is 23.0 Å². The molecule has 4 aromatic rings. The normalized spacial score (nSPS) is 11.0. The maximum atomic E-state index is 12.2. The van der Waals surface area contributed by atoms with E-state index in [0.29, 0.717) is 33.9 Å². The lowest BCUT2D eigenvalue weighted by Gasteiger charge is -2.26. The number of pyridine rings is 1. The van der Waals surface area contributed by atoms with Crippen LogP contribution in [0.25, 0.3) is 16.9 Å². The third-order valence-electron chi connectivity index (χ3n) is 5.70. The van der Waals surface area contributed by atoms with Crippen molar-refractivity contribution in [3.05, 3.63) is 66.6 Å². The highest BCUT2D eigenvalue weighted by Crippen LogP contribution is 2.38. The number of hydrogen-bond acceptors (Lipinski definition) is 8. The Hall–Kier alpha value is -4.15. The Kier molecular flexibility index (Phi) is 7.90. The largest absolute Gasteiger partial charge is 0.494 e. The van der Waals surface area contributed by atoms with E-state index in [9.17, 15) is 4.79 Å². The second kappa shape index (κ2) is 11.3. The number of fused-ring (bicyclic) bond motifs is 1. The lowest BCUT2D eigenvalue weighted by Crippen LogP contribution is -2.29. The SMILES string of the molecule is C=CC(=O)Nc1cc(Nc2ncc(Cl)c(-n3ccc4cccnc43)n2)c(OC)cc1N(C)CCN(C)C. The molecule has 0 atom stereocenters. The van der Waals surface area contributed by atoms with Gasteiger partial charge in [0.1, 0.15) is 16.4 Å². The van der Waals surface area contributed by atoms with Crippen molar-refractivity contribution >= 4 is 51.6 Å². The topological polar surface area (TPSA) is 100 Å². The van der Waals surface area contributed by atoms with Gasteiger partial charge in [0.25, 0.3) is 0 Å². The Morgan fingerprint density at radius 3 is 2.73 bits per heavy atom. The summed E-state index contributed by atoms with van der Waals surface area (Å²) in [5.74, 6) is 1.00. The van der Waals surface area contributed by atoms with Crippen LogP contribution < -0.4 is 20.3 Å². The van der Waals surface area contributed by atoms with Crippen molar-refractivity contribution in [1.29, 1.82) is 0 Å². The number of nitrogens with zero attached hydrogens (tertiary/aromatic N) is 6. The maximum Gasteiger partial charge on any atom is 0.247 e. The number of carbonyl (C=O) groups is 1. The number of halogens is 1. The van der Waals surface area contributed by atoms with Crippen LogP contribution in [0.1, 0.15) is 0 Å². The third kappa shape index (κ3) is 5.82. The van der Waals surface area contributed by atoms with E-state index < -0.39 is 0 Å². The van der Waals surface area contributed by atoms with E-state index in [4.69, 9.17) is 16.3 Å². The van der Waals surface area contributed by atoms with Crippen molar-refractivity contribution in [3.63, 3.8) is 0 Å². The molecule has 37 heavy (non-hydrogen) atoms.